The molecule has 16 aromatic carbocycles. The van der Waals surface area contributed by atoms with E-state index in [4.69, 9.17) is 18.8 Å². The van der Waals surface area contributed by atoms with Crippen LogP contribution in [0.25, 0.3) is 194 Å². The predicted octanol–water partition coefficient (Wildman–Crippen LogP) is 26.4. The summed E-state index contributed by atoms with van der Waals surface area (Å²) in [4.78, 5) is 10.2. The molecule has 0 saturated heterocycles. The lowest BCUT2D eigenvalue weighted by Gasteiger charge is -2.10. The van der Waals surface area contributed by atoms with Crippen LogP contribution in [0, 0.1) is 0 Å². The molecule has 1 aliphatic carbocycles. The summed E-state index contributed by atoms with van der Waals surface area (Å²) in [7, 11) is 0. The van der Waals surface area contributed by atoms with Gasteiger partial charge in [-0.1, -0.05) is 246 Å². The van der Waals surface area contributed by atoms with Gasteiger partial charge in [-0.3, -0.25) is 17.9 Å². The highest BCUT2D eigenvalue weighted by Gasteiger charge is 2.24. The molecular formula is C99H62BrN7O2. The number of nitrogens with zero attached hydrogens (tertiary/aromatic N) is 7. The normalized spacial score (nSPS) is 12.0. The lowest BCUT2D eigenvalue weighted by atomic mass is 9.98. The molecule has 10 heteroatoms. The Morgan fingerprint density at radius 3 is 1.23 bits per heavy atom. The van der Waals surface area contributed by atoms with Crippen molar-refractivity contribution in [2.75, 3.05) is 0 Å². The van der Waals surface area contributed by atoms with E-state index in [0.29, 0.717) is 0 Å². The quantitative estimate of drug-likeness (QED) is 0.159. The molecule has 0 saturated carbocycles. The number of rotatable bonds is 7. The van der Waals surface area contributed by atoms with Gasteiger partial charge in [-0.15, -0.1) is 0 Å². The van der Waals surface area contributed by atoms with E-state index in [2.05, 4.69) is 372 Å². The first-order chi connectivity index (χ1) is 54.0. The SMILES string of the molecule is Brc1ccc(-c2cccc3c2oc2ccccc23)cc1.c1ccc(-n2c3ccccc3n3c4cc(-c5ccc6c(c5)-c5ccccc5C6)ccc4nc23)cc1.c1ccc(-n2c3ccccc3n3c4cc(-c5ccc6c(c5)c5ccccc5n6-c5ccc(-c6cccc7c6oc6ccccc67)cc5)ccc4nc23)cc1. The standard InChI is InChI=1S/C49H30N4O.C32H21N3.C18H11BrO/c1-2-11-34(12-3-1)52-44-18-7-8-19-45(44)53-46-30-33(23-27-41(46)50-49(52)53)32-24-28-43-40(29-32)37-13-4-6-17-42(37)51(43)35-25-21-31(22-26-35)36-15-10-16-39-38-14-5-9-20-47(38)54-48(36)39;1-2-9-25(10-3-1)34-29-12-6-7-13-30(29)35-31-20-22(16-17-28(31)33-32(34)35)21-14-15-24-18-23-8-4-5-11-26(23)27(24)19-21;19-13-10-8-12(9-11-13)14-5-3-6-16-15-4-1-2-7-17(15)20-18(14)16/h1-30H;1-17,19-20H,18H2;1-11H. The number of imidazole rings is 4. The van der Waals surface area contributed by atoms with Crippen molar-refractivity contribution >= 4 is 137 Å². The highest BCUT2D eigenvalue weighted by Crippen LogP contribution is 2.44. The van der Waals surface area contributed by atoms with Crippen molar-refractivity contribution in [1.29, 1.82) is 0 Å². The first kappa shape index (κ1) is 62.3. The fraction of sp³-hybridized carbons (Fsp3) is 0.0101. The highest BCUT2D eigenvalue weighted by atomic mass is 79.9. The molecule has 0 atom stereocenters. The van der Waals surface area contributed by atoms with Crippen LogP contribution in [0.4, 0.5) is 0 Å². The number of halogens is 1. The van der Waals surface area contributed by atoms with E-state index >= 15 is 0 Å². The number of para-hydroxylation sites is 11. The van der Waals surface area contributed by atoms with Gasteiger partial charge >= 0.3 is 0 Å². The summed E-state index contributed by atoms with van der Waals surface area (Å²) < 4.78 is 25.0. The lowest BCUT2D eigenvalue weighted by Crippen LogP contribution is -1.94. The van der Waals surface area contributed by atoms with Gasteiger partial charge in [0.15, 0.2) is 0 Å². The van der Waals surface area contributed by atoms with E-state index < -0.39 is 0 Å². The molecular weight excluding hydrogens is 1400 g/mol. The fourth-order valence-corrected chi connectivity index (χ4v) is 17.2. The number of hydrogen-bond donors (Lipinski definition) is 0. The van der Waals surface area contributed by atoms with Crippen molar-refractivity contribution in [2.45, 2.75) is 6.42 Å². The van der Waals surface area contributed by atoms with Crippen LogP contribution in [0.1, 0.15) is 11.1 Å². The second-order valence-electron chi connectivity index (χ2n) is 28.1. The van der Waals surface area contributed by atoms with Gasteiger partial charge in [0.2, 0.25) is 11.6 Å². The van der Waals surface area contributed by atoms with Gasteiger partial charge in [0, 0.05) is 65.0 Å². The van der Waals surface area contributed by atoms with Crippen LogP contribution in [0.3, 0.4) is 0 Å². The first-order valence-corrected chi connectivity index (χ1v) is 37.6. The number of benzene rings is 16. The van der Waals surface area contributed by atoms with Gasteiger partial charge in [0.25, 0.3) is 0 Å². The zero-order valence-electron chi connectivity index (χ0n) is 58.7. The summed E-state index contributed by atoms with van der Waals surface area (Å²) in [5.74, 6) is 1.85. The van der Waals surface area contributed by atoms with Crippen LogP contribution < -0.4 is 0 Å². The van der Waals surface area contributed by atoms with Crippen molar-refractivity contribution in [3.05, 3.63) is 380 Å². The molecule has 0 aliphatic heterocycles. The highest BCUT2D eigenvalue weighted by molar-refractivity contribution is 9.10. The number of aromatic nitrogens is 7. The number of furan rings is 2. The summed E-state index contributed by atoms with van der Waals surface area (Å²) in [5, 5.41) is 7.07. The summed E-state index contributed by atoms with van der Waals surface area (Å²) in [6, 6.07) is 129. The Morgan fingerprint density at radius 2 is 0.651 bits per heavy atom. The van der Waals surface area contributed by atoms with E-state index in [-0.39, 0.29) is 0 Å². The summed E-state index contributed by atoms with van der Waals surface area (Å²) in [6.45, 7) is 0. The molecule has 7 heterocycles. The topological polar surface area (TPSA) is 75.7 Å². The van der Waals surface area contributed by atoms with Gasteiger partial charge < -0.3 is 13.4 Å². The van der Waals surface area contributed by atoms with Crippen LogP contribution in [0.2, 0.25) is 0 Å². The Morgan fingerprint density at radius 1 is 0.248 bits per heavy atom. The minimum absolute atomic E-state index is 0.911. The van der Waals surface area contributed by atoms with Crippen molar-refractivity contribution in [3.63, 3.8) is 0 Å². The van der Waals surface area contributed by atoms with E-state index in [0.717, 1.165) is 145 Å². The largest absolute Gasteiger partial charge is 0.455 e. The maximum Gasteiger partial charge on any atom is 0.220 e. The molecule has 9 nitrogen and oxygen atoms in total. The Bertz CT molecular complexity index is 7580. The molecule has 1 aliphatic rings. The third-order valence-electron chi connectivity index (χ3n) is 22.0. The van der Waals surface area contributed by atoms with Crippen LogP contribution in [0.15, 0.2) is 377 Å². The third-order valence-corrected chi connectivity index (χ3v) is 22.5. The lowest BCUT2D eigenvalue weighted by molar-refractivity contribution is 0.669. The Balaban J connectivity index is 0.000000113. The van der Waals surface area contributed by atoms with Crippen molar-refractivity contribution in [3.8, 4) is 72.7 Å². The zero-order chi connectivity index (χ0) is 71.8. The molecule has 0 fully saturated rings. The van der Waals surface area contributed by atoms with Gasteiger partial charge in [-0.25, -0.2) is 9.97 Å². The zero-order valence-corrected chi connectivity index (χ0v) is 60.3. The van der Waals surface area contributed by atoms with Crippen LogP contribution >= 0.6 is 15.9 Å². The Kier molecular flexibility index (Phi) is 14.3. The minimum atomic E-state index is 0.911. The first-order valence-electron chi connectivity index (χ1n) is 36.8. The second kappa shape index (κ2) is 25.1. The van der Waals surface area contributed by atoms with E-state index in [1.54, 1.807) is 0 Å². The molecule has 0 bridgehead atoms. The van der Waals surface area contributed by atoms with Crippen LogP contribution in [-0.2, 0) is 6.42 Å². The Hall–Kier alpha value is -14.1. The molecule has 109 heavy (non-hydrogen) atoms. The molecule has 512 valence electrons. The average molecular weight is 1460 g/mol. The molecule has 23 aromatic rings. The summed E-state index contributed by atoms with van der Waals surface area (Å²) >= 11 is 3.47. The molecule has 0 unspecified atom stereocenters. The minimum Gasteiger partial charge on any atom is -0.455 e. The Labute approximate surface area is 633 Å². The molecule has 0 radical (unpaired) electrons. The van der Waals surface area contributed by atoms with E-state index in [9.17, 15) is 0 Å². The maximum absolute atomic E-state index is 6.37. The molecule has 0 N–H and O–H groups in total. The smallest absolute Gasteiger partial charge is 0.220 e. The van der Waals surface area contributed by atoms with Crippen LogP contribution in [0.5, 0.6) is 0 Å². The second-order valence-corrected chi connectivity index (χ2v) is 29.0. The summed E-state index contributed by atoms with van der Waals surface area (Å²) in [6.07, 6.45) is 1.02. The third kappa shape index (κ3) is 10.1. The molecule has 24 rings (SSSR count). The molecule has 0 amide bonds. The monoisotopic (exact) mass is 1460 g/mol. The maximum atomic E-state index is 6.37. The van der Waals surface area contributed by atoms with Gasteiger partial charge in [-0.2, -0.15) is 0 Å². The average Bonchev–Trinajstić information content (AvgIpc) is 1.57. The van der Waals surface area contributed by atoms with E-state index in [1.807, 2.05) is 30.3 Å². The number of hydrogen-bond acceptors (Lipinski definition) is 4. The van der Waals surface area contributed by atoms with Crippen molar-refractivity contribution < 1.29 is 8.83 Å². The predicted molar refractivity (Wildman–Crippen MR) is 452 cm³/mol. The van der Waals surface area contributed by atoms with Gasteiger partial charge in [0.1, 0.15) is 22.3 Å². The van der Waals surface area contributed by atoms with Crippen molar-refractivity contribution in [2.24, 2.45) is 0 Å². The van der Waals surface area contributed by atoms with E-state index in [1.165, 1.54) is 71.5 Å². The van der Waals surface area contributed by atoms with Crippen molar-refractivity contribution in [1.82, 2.24) is 32.5 Å². The number of fused-ring (bicyclic) bond motifs is 22. The molecule has 0 spiro atoms. The van der Waals surface area contributed by atoms with Gasteiger partial charge in [-0.05, 0) is 196 Å². The van der Waals surface area contributed by atoms with Crippen LogP contribution in [-0.4, -0.2) is 32.5 Å². The fourth-order valence-electron chi connectivity index (χ4n) is 16.9. The summed E-state index contributed by atoms with van der Waals surface area (Å²) in [5.41, 5.74) is 33.0. The molecule has 7 aromatic heterocycles. The van der Waals surface area contributed by atoms with Gasteiger partial charge in [0.05, 0.1) is 55.2 Å².